The SMILES string of the molecule is CCNC(c1cccc(C)c1I)C(CC)CC. The minimum absolute atomic E-state index is 0.502. The second kappa shape index (κ2) is 7.37. The minimum atomic E-state index is 0.502. The molecule has 0 amide bonds. The maximum atomic E-state index is 3.66. The lowest BCUT2D eigenvalue weighted by atomic mass is 9.88. The standard InChI is InChI=1S/C15H24IN/c1-5-12(6-2)15(17-7-3)13-10-8-9-11(4)14(13)16/h8-10,12,15,17H,5-7H2,1-4H3. The van der Waals surface area contributed by atoms with Gasteiger partial charge in [0.1, 0.15) is 0 Å². The fourth-order valence-corrected chi connectivity index (χ4v) is 3.12. The summed E-state index contributed by atoms with van der Waals surface area (Å²) in [6.07, 6.45) is 2.47. The Labute approximate surface area is 120 Å². The summed E-state index contributed by atoms with van der Waals surface area (Å²) in [7, 11) is 0. The third-order valence-corrected chi connectivity index (χ3v) is 4.97. The van der Waals surface area contributed by atoms with Crippen molar-refractivity contribution in [2.45, 2.75) is 46.6 Å². The molecule has 96 valence electrons. The third kappa shape index (κ3) is 3.68. The van der Waals surface area contributed by atoms with Crippen LogP contribution in [0.4, 0.5) is 0 Å². The van der Waals surface area contributed by atoms with Crippen molar-refractivity contribution in [1.29, 1.82) is 0 Å². The highest BCUT2D eigenvalue weighted by Gasteiger charge is 2.21. The van der Waals surface area contributed by atoms with E-state index in [4.69, 9.17) is 0 Å². The maximum Gasteiger partial charge on any atom is 0.0358 e. The van der Waals surface area contributed by atoms with Crippen molar-refractivity contribution in [3.63, 3.8) is 0 Å². The van der Waals surface area contributed by atoms with E-state index in [0.717, 1.165) is 12.5 Å². The predicted molar refractivity (Wildman–Crippen MR) is 84.4 cm³/mol. The highest BCUT2D eigenvalue weighted by Crippen LogP contribution is 2.31. The van der Waals surface area contributed by atoms with Gasteiger partial charge in [0, 0.05) is 9.61 Å². The molecule has 1 atom stereocenters. The van der Waals surface area contributed by atoms with Gasteiger partial charge in [-0.15, -0.1) is 0 Å². The van der Waals surface area contributed by atoms with Gasteiger partial charge in [-0.05, 0) is 53.1 Å². The van der Waals surface area contributed by atoms with Crippen molar-refractivity contribution in [1.82, 2.24) is 5.32 Å². The Kier molecular flexibility index (Phi) is 6.49. The molecule has 17 heavy (non-hydrogen) atoms. The van der Waals surface area contributed by atoms with Gasteiger partial charge in [-0.3, -0.25) is 0 Å². The zero-order chi connectivity index (χ0) is 12.8. The van der Waals surface area contributed by atoms with Crippen molar-refractivity contribution >= 4 is 22.6 Å². The minimum Gasteiger partial charge on any atom is -0.310 e. The van der Waals surface area contributed by atoms with Gasteiger partial charge in [-0.25, -0.2) is 0 Å². The molecule has 1 aromatic carbocycles. The van der Waals surface area contributed by atoms with Gasteiger partial charge in [0.05, 0.1) is 0 Å². The molecule has 0 aromatic heterocycles. The van der Waals surface area contributed by atoms with Crippen LogP contribution >= 0.6 is 22.6 Å². The van der Waals surface area contributed by atoms with Crippen LogP contribution in [0, 0.1) is 16.4 Å². The molecule has 0 aliphatic heterocycles. The van der Waals surface area contributed by atoms with E-state index in [1.165, 1.54) is 27.5 Å². The highest BCUT2D eigenvalue weighted by molar-refractivity contribution is 14.1. The van der Waals surface area contributed by atoms with Crippen LogP contribution in [0.5, 0.6) is 0 Å². The Morgan fingerprint density at radius 3 is 2.35 bits per heavy atom. The molecule has 0 aliphatic carbocycles. The second-order valence-electron chi connectivity index (χ2n) is 4.59. The Hall–Kier alpha value is -0.0900. The van der Waals surface area contributed by atoms with E-state index in [0.29, 0.717) is 6.04 Å². The molecule has 1 nitrogen and oxygen atoms in total. The van der Waals surface area contributed by atoms with Crippen molar-refractivity contribution in [2.24, 2.45) is 5.92 Å². The summed E-state index contributed by atoms with van der Waals surface area (Å²) < 4.78 is 1.42. The van der Waals surface area contributed by atoms with Crippen molar-refractivity contribution in [3.05, 3.63) is 32.9 Å². The fourth-order valence-electron chi connectivity index (χ4n) is 2.42. The van der Waals surface area contributed by atoms with Gasteiger partial charge in [-0.2, -0.15) is 0 Å². The van der Waals surface area contributed by atoms with Crippen LogP contribution in [-0.4, -0.2) is 6.54 Å². The third-order valence-electron chi connectivity index (χ3n) is 3.50. The average Bonchev–Trinajstić information content (AvgIpc) is 2.33. The molecule has 0 saturated heterocycles. The van der Waals surface area contributed by atoms with Crippen LogP contribution in [0.2, 0.25) is 0 Å². The van der Waals surface area contributed by atoms with E-state index in [-0.39, 0.29) is 0 Å². The van der Waals surface area contributed by atoms with Gasteiger partial charge >= 0.3 is 0 Å². The van der Waals surface area contributed by atoms with Crippen LogP contribution in [0.25, 0.3) is 0 Å². The van der Waals surface area contributed by atoms with Gasteiger partial charge in [0.2, 0.25) is 0 Å². The molecule has 1 aromatic rings. The lowest BCUT2D eigenvalue weighted by Gasteiger charge is -2.28. The van der Waals surface area contributed by atoms with Gasteiger partial charge in [0.15, 0.2) is 0 Å². The molecular weight excluding hydrogens is 321 g/mol. The largest absolute Gasteiger partial charge is 0.310 e. The summed E-state index contributed by atoms with van der Waals surface area (Å²) in [5, 5.41) is 3.66. The molecule has 0 aliphatic rings. The van der Waals surface area contributed by atoms with E-state index < -0.39 is 0 Å². The average molecular weight is 345 g/mol. The first-order valence-corrected chi connectivity index (χ1v) is 7.71. The lowest BCUT2D eigenvalue weighted by Crippen LogP contribution is -2.28. The molecule has 1 N–H and O–H groups in total. The molecule has 1 unspecified atom stereocenters. The van der Waals surface area contributed by atoms with Gasteiger partial charge in [0.25, 0.3) is 0 Å². The Bertz CT molecular complexity index is 345. The van der Waals surface area contributed by atoms with E-state index in [1.807, 2.05) is 0 Å². The summed E-state index contributed by atoms with van der Waals surface area (Å²) in [6.45, 7) is 10.0. The molecule has 2 heteroatoms. The number of hydrogen-bond acceptors (Lipinski definition) is 1. The van der Waals surface area contributed by atoms with E-state index in [2.05, 4.69) is 73.8 Å². The van der Waals surface area contributed by atoms with Crippen LogP contribution < -0.4 is 5.32 Å². The number of halogens is 1. The first-order valence-electron chi connectivity index (χ1n) is 6.64. The monoisotopic (exact) mass is 345 g/mol. The smallest absolute Gasteiger partial charge is 0.0358 e. The summed E-state index contributed by atoms with van der Waals surface area (Å²) in [6, 6.07) is 7.16. The normalized spacial score (nSPS) is 13.1. The number of rotatable bonds is 6. The number of benzene rings is 1. The number of hydrogen-bond donors (Lipinski definition) is 1. The topological polar surface area (TPSA) is 12.0 Å². The quantitative estimate of drug-likeness (QED) is 0.738. The van der Waals surface area contributed by atoms with E-state index >= 15 is 0 Å². The molecule has 0 spiro atoms. The second-order valence-corrected chi connectivity index (χ2v) is 5.67. The fraction of sp³-hybridized carbons (Fsp3) is 0.600. The van der Waals surface area contributed by atoms with Crippen LogP contribution in [0.1, 0.15) is 50.8 Å². The zero-order valence-corrected chi connectivity index (χ0v) is 13.5. The maximum absolute atomic E-state index is 3.66. The molecule has 0 radical (unpaired) electrons. The Balaban J connectivity index is 3.08. The first kappa shape index (κ1) is 15.0. The summed E-state index contributed by atoms with van der Waals surface area (Å²) in [5.74, 6) is 0.727. The summed E-state index contributed by atoms with van der Waals surface area (Å²) >= 11 is 2.49. The van der Waals surface area contributed by atoms with Crippen LogP contribution in [0.15, 0.2) is 18.2 Å². The first-order chi connectivity index (χ1) is 8.15. The van der Waals surface area contributed by atoms with Crippen molar-refractivity contribution in [3.8, 4) is 0 Å². The zero-order valence-electron chi connectivity index (χ0n) is 11.4. The van der Waals surface area contributed by atoms with Crippen molar-refractivity contribution in [2.75, 3.05) is 6.54 Å². The van der Waals surface area contributed by atoms with E-state index in [9.17, 15) is 0 Å². The molecule has 1 rings (SSSR count). The number of aryl methyl sites for hydroxylation is 1. The van der Waals surface area contributed by atoms with Crippen LogP contribution in [-0.2, 0) is 0 Å². The molecule has 0 fully saturated rings. The highest BCUT2D eigenvalue weighted by atomic mass is 127. The van der Waals surface area contributed by atoms with Crippen LogP contribution in [0.3, 0.4) is 0 Å². The van der Waals surface area contributed by atoms with E-state index in [1.54, 1.807) is 0 Å². The molecule has 0 heterocycles. The summed E-state index contributed by atoms with van der Waals surface area (Å²) in [5.41, 5.74) is 2.86. The molecule has 0 bridgehead atoms. The van der Waals surface area contributed by atoms with Crippen molar-refractivity contribution < 1.29 is 0 Å². The molecular formula is C15H24IN. The lowest BCUT2D eigenvalue weighted by molar-refractivity contribution is 0.345. The Morgan fingerprint density at radius 1 is 1.18 bits per heavy atom. The number of nitrogens with one attached hydrogen (secondary N) is 1. The predicted octanol–water partition coefficient (Wildman–Crippen LogP) is 4.69. The van der Waals surface area contributed by atoms with Gasteiger partial charge < -0.3 is 5.32 Å². The summed E-state index contributed by atoms with van der Waals surface area (Å²) in [4.78, 5) is 0. The molecule has 0 saturated carbocycles. The van der Waals surface area contributed by atoms with Gasteiger partial charge in [-0.1, -0.05) is 51.8 Å². The Morgan fingerprint density at radius 2 is 1.82 bits per heavy atom.